The van der Waals surface area contributed by atoms with Gasteiger partial charge in [-0.3, -0.25) is 9.59 Å². The number of amides is 1. The third-order valence-corrected chi connectivity index (χ3v) is 1.21. The van der Waals surface area contributed by atoms with Crippen molar-refractivity contribution in [3.05, 3.63) is 0 Å². The second-order valence-corrected chi connectivity index (χ2v) is 1.99. The second-order valence-electron chi connectivity index (χ2n) is 1.62. The summed E-state index contributed by atoms with van der Waals surface area (Å²) in [5.41, 5.74) is 4.96. The highest BCUT2D eigenvalue weighted by atomic mass is 32.1. The molecule has 0 heterocycles. The van der Waals surface area contributed by atoms with Crippen LogP contribution in [0, 0.1) is 0 Å². The Morgan fingerprint density at radius 3 is 2.70 bits per heavy atom. The van der Waals surface area contributed by atoms with Crippen molar-refractivity contribution < 1.29 is 9.59 Å². The molecule has 0 aromatic heterocycles. The summed E-state index contributed by atoms with van der Waals surface area (Å²) in [5.74, 6) is -0.127. The number of carbonyl (C=O) groups excluding carboxylic acids is 2. The number of nitrogens with two attached hydrogens (primary N) is 1. The average molecular weight is 161 g/mol. The molecule has 4 nitrogen and oxygen atoms in total. The van der Waals surface area contributed by atoms with Crippen molar-refractivity contribution in [3.63, 3.8) is 0 Å². The standard InChI is InChI=1S/C5H9N2O2S/c6-1-5(9)7-4(2-8)3-10/h4,10H,1,3,6H2,(H,7,9). The van der Waals surface area contributed by atoms with Crippen LogP contribution in [-0.4, -0.2) is 30.5 Å². The van der Waals surface area contributed by atoms with Crippen molar-refractivity contribution >= 4 is 24.8 Å². The van der Waals surface area contributed by atoms with E-state index in [4.69, 9.17) is 5.73 Å². The van der Waals surface area contributed by atoms with Crippen LogP contribution >= 0.6 is 12.6 Å². The first-order chi connectivity index (χ1) is 4.74. The normalized spacial score (nSPS) is 12.2. The number of carbonyl (C=O) groups is 1. The van der Waals surface area contributed by atoms with Crippen LogP contribution in [-0.2, 0) is 9.59 Å². The molecule has 0 aromatic carbocycles. The summed E-state index contributed by atoms with van der Waals surface area (Å²) in [6.45, 7) is -0.119. The predicted octanol–water partition coefficient (Wildman–Crippen LogP) is -1.53. The highest BCUT2D eigenvalue weighted by Gasteiger charge is 2.07. The first-order valence-corrected chi connectivity index (χ1v) is 3.35. The first kappa shape index (κ1) is 9.45. The molecule has 0 rings (SSSR count). The van der Waals surface area contributed by atoms with Crippen LogP contribution in [0.4, 0.5) is 0 Å². The van der Waals surface area contributed by atoms with E-state index in [0.717, 1.165) is 0 Å². The number of nitrogens with one attached hydrogen (secondary N) is 1. The van der Waals surface area contributed by atoms with Gasteiger partial charge < -0.3 is 11.1 Å². The lowest BCUT2D eigenvalue weighted by atomic mass is 10.4. The zero-order chi connectivity index (χ0) is 7.98. The van der Waals surface area contributed by atoms with E-state index >= 15 is 0 Å². The Hall–Kier alpha value is -0.550. The van der Waals surface area contributed by atoms with Gasteiger partial charge in [-0.15, -0.1) is 0 Å². The predicted molar refractivity (Wildman–Crippen MR) is 40.5 cm³/mol. The Labute approximate surface area is 64.6 Å². The lowest BCUT2D eigenvalue weighted by Gasteiger charge is -2.06. The van der Waals surface area contributed by atoms with E-state index in [9.17, 15) is 9.59 Å². The molecule has 3 N–H and O–H groups in total. The van der Waals surface area contributed by atoms with Gasteiger partial charge in [0.1, 0.15) is 6.04 Å². The van der Waals surface area contributed by atoms with Crippen molar-refractivity contribution in [1.82, 2.24) is 5.32 Å². The molecule has 1 amide bonds. The van der Waals surface area contributed by atoms with Crippen LogP contribution in [0.25, 0.3) is 0 Å². The summed E-state index contributed by atoms with van der Waals surface area (Å²) in [6.07, 6.45) is 1.60. The Morgan fingerprint density at radius 1 is 1.80 bits per heavy atom. The third-order valence-electron chi connectivity index (χ3n) is 0.845. The summed E-state index contributed by atoms with van der Waals surface area (Å²) in [4.78, 5) is 20.4. The molecule has 10 heavy (non-hydrogen) atoms. The molecule has 0 aromatic rings. The molecule has 5 heteroatoms. The van der Waals surface area contributed by atoms with Crippen molar-refractivity contribution in [2.75, 3.05) is 12.3 Å². The molecular formula is C5H9N2O2S. The Balaban J connectivity index is 3.62. The lowest BCUT2D eigenvalue weighted by Crippen LogP contribution is -2.40. The third kappa shape index (κ3) is 3.47. The van der Waals surface area contributed by atoms with Gasteiger partial charge in [-0.25, -0.2) is 0 Å². The highest BCUT2D eigenvalue weighted by molar-refractivity contribution is 7.80. The summed E-state index contributed by atoms with van der Waals surface area (Å²) in [6, 6.07) is -0.639. The maximum Gasteiger partial charge on any atom is 0.234 e. The van der Waals surface area contributed by atoms with Gasteiger partial charge in [0.2, 0.25) is 12.2 Å². The van der Waals surface area contributed by atoms with Crippen LogP contribution < -0.4 is 11.1 Å². The molecular weight excluding hydrogens is 152 g/mol. The van der Waals surface area contributed by atoms with E-state index in [1.165, 1.54) is 0 Å². The fourth-order valence-corrected chi connectivity index (χ4v) is 0.531. The van der Waals surface area contributed by atoms with Gasteiger partial charge >= 0.3 is 0 Å². The van der Waals surface area contributed by atoms with Crippen LogP contribution in [0.1, 0.15) is 0 Å². The van der Waals surface area contributed by atoms with Gasteiger partial charge in [0.05, 0.1) is 6.54 Å². The minimum atomic E-state index is -0.639. The molecule has 0 aliphatic rings. The fourth-order valence-electron chi connectivity index (χ4n) is 0.366. The topological polar surface area (TPSA) is 72.2 Å². The Morgan fingerprint density at radius 2 is 2.40 bits per heavy atom. The summed E-state index contributed by atoms with van der Waals surface area (Å²) in [7, 11) is 0. The first-order valence-electron chi connectivity index (χ1n) is 2.72. The summed E-state index contributed by atoms with van der Waals surface area (Å²) in [5, 5.41) is 2.30. The Kier molecular flexibility index (Phi) is 4.96. The van der Waals surface area contributed by atoms with Gasteiger partial charge in [0.25, 0.3) is 0 Å². The maximum atomic E-state index is 10.5. The number of hydrogen-bond acceptors (Lipinski definition) is 4. The largest absolute Gasteiger partial charge is 0.344 e. The van der Waals surface area contributed by atoms with E-state index in [0.29, 0.717) is 0 Å². The minimum Gasteiger partial charge on any atom is -0.344 e. The SMILES string of the molecule is NCC(=O)NC([C]=O)CS. The molecule has 0 aliphatic heterocycles. The monoisotopic (exact) mass is 161 g/mol. The molecule has 1 atom stereocenters. The molecule has 0 fully saturated rings. The smallest absolute Gasteiger partial charge is 0.234 e. The fraction of sp³-hybridized carbons (Fsp3) is 0.600. The molecule has 0 spiro atoms. The Bertz CT molecular complexity index is 129. The van der Waals surface area contributed by atoms with E-state index in [2.05, 4.69) is 17.9 Å². The van der Waals surface area contributed by atoms with E-state index in [1.54, 1.807) is 6.29 Å². The molecule has 0 saturated carbocycles. The van der Waals surface area contributed by atoms with Crippen LogP contribution in [0.5, 0.6) is 0 Å². The lowest BCUT2D eigenvalue weighted by molar-refractivity contribution is -0.119. The number of rotatable bonds is 4. The zero-order valence-electron chi connectivity index (χ0n) is 5.33. The second kappa shape index (κ2) is 5.25. The molecule has 0 aliphatic carbocycles. The summed E-state index contributed by atoms with van der Waals surface area (Å²) >= 11 is 3.79. The van der Waals surface area contributed by atoms with Crippen molar-refractivity contribution in [1.29, 1.82) is 0 Å². The van der Waals surface area contributed by atoms with Gasteiger partial charge in [-0.2, -0.15) is 12.6 Å². The van der Waals surface area contributed by atoms with Crippen molar-refractivity contribution in [2.24, 2.45) is 5.73 Å². The maximum absolute atomic E-state index is 10.5. The average Bonchev–Trinajstić information content (AvgIpc) is 1.99. The van der Waals surface area contributed by atoms with E-state index in [1.807, 2.05) is 0 Å². The van der Waals surface area contributed by atoms with Crippen LogP contribution in [0.3, 0.4) is 0 Å². The minimum absolute atomic E-state index is 0.119. The van der Waals surface area contributed by atoms with E-state index in [-0.39, 0.29) is 18.2 Å². The molecule has 1 unspecified atom stereocenters. The van der Waals surface area contributed by atoms with Gasteiger partial charge in [-0.05, 0) is 0 Å². The quantitative estimate of drug-likeness (QED) is 0.438. The number of thiol groups is 1. The molecule has 0 bridgehead atoms. The number of hydrogen-bond donors (Lipinski definition) is 3. The van der Waals surface area contributed by atoms with Gasteiger partial charge in [-0.1, -0.05) is 0 Å². The van der Waals surface area contributed by atoms with Gasteiger partial charge in [0.15, 0.2) is 0 Å². The van der Waals surface area contributed by atoms with Crippen molar-refractivity contribution in [2.45, 2.75) is 6.04 Å². The van der Waals surface area contributed by atoms with Crippen LogP contribution in [0.15, 0.2) is 0 Å². The highest BCUT2D eigenvalue weighted by Crippen LogP contribution is 1.81. The zero-order valence-corrected chi connectivity index (χ0v) is 6.23. The molecule has 0 saturated heterocycles. The molecule has 1 radical (unpaired) electrons. The van der Waals surface area contributed by atoms with E-state index < -0.39 is 6.04 Å². The van der Waals surface area contributed by atoms with Gasteiger partial charge in [0, 0.05) is 5.75 Å². The molecule has 57 valence electrons. The van der Waals surface area contributed by atoms with Crippen LogP contribution in [0.2, 0.25) is 0 Å². The van der Waals surface area contributed by atoms with Crippen molar-refractivity contribution in [3.8, 4) is 0 Å². The summed E-state index contributed by atoms with van der Waals surface area (Å²) < 4.78 is 0.